The van der Waals surface area contributed by atoms with Gasteiger partial charge in [0.25, 0.3) is 0 Å². The molecule has 0 aromatic carbocycles. The first-order valence-electron chi connectivity index (χ1n) is 5.32. The fourth-order valence-corrected chi connectivity index (χ4v) is 4.85. The van der Waals surface area contributed by atoms with Crippen LogP contribution in [0.2, 0.25) is 0 Å². The van der Waals surface area contributed by atoms with Gasteiger partial charge < -0.3 is 0 Å². The summed E-state index contributed by atoms with van der Waals surface area (Å²) in [4.78, 5) is 0. The summed E-state index contributed by atoms with van der Waals surface area (Å²) in [5.74, 6) is 0.995. The quantitative estimate of drug-likeness (QED) is 0.804. The smallest absolute Gasteiger partial charge is 0.160 e. The van der Waals surface area contributed by atoms with E-state index in [1.165, 1.54) is 0 Å². The highest BCUT2D eigenvalue weighted by atomic mass is 32.2. The van der Waals surface area contributed by atoms with Gasteiger partial charge in [-0.3, -0.25) is 8.42 Å². The van der Waals surface area contributed by atoms with E-state index in [0.29, 0.717) is 20.7 Å². The Morgan fingerprint density at radius 1 is 1.24 bits per heavy atom. The fraction of sp³-hybridized carbons (Fsp3) is 0.600. The van der Waals surface area contributed by atoms with Gasteiger partial charge in [0.15, 0.2) is 5.03 Å². The second kappa shape index (κ2) is 6.99. The maximum Gasteiger partial charge on any atom is 0.160 e. The highest BCUT2D eigenvalue weighted by molar-refractivity contribution is 7.87. The molecule has 0 aliphatic carbocycles. The van der Waals surface area contributed by atoms with E-state index in [1.54, 1.807) is 0 Å². The summed E-state index contributed by atoms with van der Waals surface area (Å²) in [5.41, 5.74) is 0.258. The highest BCUT2D eigenvalue weighted by Crippen LogP contribution is 2.25. The van der Waals surface area contributed by atoms with E-state index in [0.717, 1.165) is 24.4 Å². The minimum atomic E-state index is -1.25. The molecule has 0 radical (unpaired) electrons. The van der Waals surface area contributed by atoms with Crippen molar-refractivity contribution in [3.8, 4) is 6.07 Å². The van der Waals surface area contributed by atoms with E-state index in [2.05, 4.69) is 4.37 Å². The van der Waals surface area contributed by atoms with E-state index in [9.17, 15) is 8.42 Å². The number of hydrogen-bond donors (Lipinski definition) is 0. The molecule has 1 heterocycles. The lowest BCUT2D eigenvalue weighted by molar-refractivity contribution is 0.679. The van der Waals surface area contributed by atoms with E-state index < -0.39 is 21.6 Å². The molecule has 1 aromatic heterocycles. The lowest BCUT2D eigenvalue weighted by Crippen LogP contribution is -2.01. The molecule has 7 heteroatoms. The first-order valence-corrected chi connectivity index (χ1v) is 8.73. The Balaban J connectivity index is 3.08. The second-order valence-electron chi connectivity index (χ2n) is 3.36. The average Bonchev–Trinajstić information content (AvgIpc) is 2.73. The van der Waals surface area contributed by atoms with Crippen molar-refractivity contribution in [2.24, 2.45) is 0 Å². The summed E-state index contributed by atoms with van der Waals surface area (Å²) in [6.07, 6.45) is 1.55. The van der Waals surface area contributed by atoms with Crippen LogP contribution in [0.1, 0.15) is 32.3 Å². The van der Waals surface area contributed by atoms with Gasteiger partial charge in [-0.05, 0) is 24.4 Å². The minimum absolute atomic E-state index is 0.258. The number of rotatable bonds is 6. The molecule has 0 saturated heterocycles. The number of nitrogens with zero attached hydrogens (tertiary/aromatic N) is 2. The molecule has 0 N–H and O–H groups in total. The Hall–Kier alpha value is -0.580. The summed E-state index contributed by atoms with van der Waals surface area (Å²) in [6, 6.07) is 1.98. The summed E-state index contributed by atoms with van der Waals surface area (Å²) in [7, 11) is -2.45. The van der Waals surface area contributed by atoms with Gasteiger partial charge in [-0.1, -0.05) is 13.8 Å². The van der Waals surface area contributed by atoms with Crippen molar-refractivity contribution in [2.45, 2.75) is 35.9 Å². The Labute approximate surface area is 110 Å². The number of nitriles is 1. The van der Waals surface area contributed by atoms with Crippen molar-refractivity contribution in [3.63, 3.8) is 0 Å². The topological polar surface area (TPSA) is 70.8 Å². The van der Waals surface area contributed by atoms with Gasteiger partial charge >= 0.3 is 0 Å². The van der Waals surface area contributed by atoms with Gasteiger partial charge in [-0.15, -0.1) is 0 Å². The third-order valence-corrected chi connectivity index (χ3v) is 6.39. The van der Waals surface area contributed by atoms with Crippen LogP contribution >= 0.6 is 11.5 Å². The average molecular weight is 290 g/mol. The zero-order chi connectivity index (χ0) is 12.8. The van der Waals surface area contributed by atoms with Crippen molar-refractivity contribution in [1.82, 2.24) is 4.37 Å². The zero-order valence-corrected chi connectivity index (χ0v) is 12.2. The zero-order valence-electron chi connectivity index (χ0n) is 9.76. The molecule has 2 atom stereocenters. The number of aromatic nitrogens is 1. The molecule has 1 rings (SSSR count). The maximum atomic E-state index is 11.8. The summed E-state index contributed by atoms with van der Waals surface area (Å²) < 4.78 is 28.2. The van der Waals surface area contributed by atoms with E-state index in [1.807, 2.05) is 19.9 Å². The molecule has 1 aromatic rings. The predicted molar refractivity (Wildman–Crippen MR) is 70.0 cm³/mol. The largest absolute Gasteiger partial charge is 0.253 e. The van der Waals surface area contributed by atoms with E-state index in [4.69, 9.17) is 5.26 Å². The lowest BCUT2D eigenvalue weighted by atomic mass is 10.4. The summed E-state index contributed by atoms with van der Waals surface area (Å²) in [6.45, 7) is 3.85. The third-order valence-electron chi connectivity index (χ3n) is 1.94. The molecule has 0 saturated carbocycles. The van der Waals surface area contributed by atoms with Crippen LogP contribution in [0.3, 0.4) is 0 Å². The summed E-state index contributed by atoms with van der Waals surface area (Å²) >= 11 is 1.04. The Bertz CT molecular complexity index is 441. The Kier molecular flexibility index (Phi) is 5.95. The van der Waals surface area contributed by atoms with Crippen molar-refractivity contribution >= 4 is 33.1 Å². The van der Waals surface area contributed by atoms with Gasteiger partial charge in [0.2, 0.25) is 0 Å². The molecule has 0 bridgehead atoms. The van der Waals surface area contributed by atoms with Crippen LogP contribution in [-0.4, -0.2) is 24.3 Å². The molecule has 94 valence electrons. The minimum Gasteiger partial charge on any atom is -0.253 e. The van der Waals surface area contributed by atoms with Crippen LogP contribution in [0, 0.1) is 11.3 Å². The molecule has 0 aliphatic rings. The van der Waals surface area contributed by atoms with Crippen LogP contribution < -0.4 is 0 Å². The van der Waals surface area contributed by atoms with Crippen LogP contribution in [0.25, 0.3) is 0 Å². The van der Waals surface area contributed by atoms with Gasteiger partial charge in [0.05, 0.1) is 21.6 Å². The van der Waals surface area contributed by atoms with Gasteiger partial charge in [0, 0.05) is 11.5 Å². The third kappa shape index (κ3) is 3.44. The first-order chi connectivity index (χ1) is 8.15. The highest BCUT2D eigenvalue weighted by Gasteiger charge is 2.21. The molecular formula is C10H14N2O2S3. The Morgan fingerprint density at radius 3 is 2.35 bits per heavy atom. The molecular weight excluding hydrogens is 276 g/mol. The predicted octanol–water partition coefficient (Wildman–Crippen LogP) is 2.05. The van der Waals surface area contributed by atoms with Crippen molar-refractivity contribution < 1.29 is 8.42 Å². The lowest BCUT2D eigenvalue weighted by Gasteiger charge is -1.97. The monoisotopic (exact) mass is 290 g/mol. The maximum absolute atomic E-state index is 11.8. The van der Waals surface area contributed by atoms with Crippen LogP contribution in [0.5, 0.6) is 0 Å². The normalized spacial score (nSPS) is 14.2. The molecule has 0 spiro atoms. The SMILES string of the molecule is CCCS(=O)c1nsc(S(=O)CCC)c1C#N. The molecule has 2 unspecified atom stereocenters. The van der Waals surface area contributed by atoms with Crippen molar-refractivity contribution in [1.29, 1.82) is 5.26 Å². The fourth-order valence-electron chi connectivity index (χ4n) is 1.23. The Morgan fingerprint density at radius 2 is 1.82 bits per heavy atom. The molecule has 0 aliphatic heterocycles. The van der Waals surface area contributed by atoms with Crippen LogP contribution in [0.15, 0.2) is 9.24 Å². The van der Waals surface area contributed by atoms with Crippen LogP contribution in [-0.2, 0) is 21.6 Å². The number of hydrogen-bond acceptors (Lipinski definition) is 5. The molecule has 0 fully saturated rings. The van der Waals surface area contributed by atoms with Crippen molar-refractivity contribution in [3.05, 3.63) is 5.56 Å². The van der Waals surface area contributed by atoms with Gasteiger partial charge in [0.1, 0.15) is 15.8 Å². The first kappa shape index (κ1) is 14.5. The van der Waals surface area contributed by atoms with Gasteiger partial charge in [-0.2, -0.15) is 9.64 Å². The van der Waals surface area contributed by atoms with E-state index in [-0.39, 0.29) is 5.56 Å². The van der Waals surface area contributed by atoms with Crippen LogP contribution in [0.4, 0.5) is 0 Å². The second-order valence-corrected chi connectivity index (χ2v) is 7.39. The van der Waals surface area contributed by atoms with Gasteiger partial charge in [-0.25, -0.2) is 0 Å². The standard InChI is InChI=1S/C10H14N2O2S3/c1-3-5-16(13)9-8(7-11)10(15-12-9)17(14)6-4-2/h3-6H2,1-2H3. The van der Waals surface area contributed by atoms with Crippen molar-refractivity contribution in [2.75, 3.05) is 11.5 Å². The summed E-state index contributed by atoms with van der Waals surface area (Å²) in [5, 5.41) is 9.37. The van der Waals surface area contributed by atoms with E-state index >= 15 is 0 Å². The molecule has 4 nitrogen and oxygen atoms in total. The molecule has 17 heavy (non-hydrogen) atoms. The molecule has 0 amide bonds.